The molecule has 0 aromatic rings. The van der Waals surface area contributed by atoms with Crippen molar-refractivity contribution in [1.29, 1.82) is 0 Å². The second-order valence-corrected chi connectivity index (χ2v) is 2.13. The van der Waals surface area contributed by atoms with Gasteiger partial charge in [0, 0.05) is 0 Å². The van der Waals surface area contributed by atoms with E-state index in [1.165, 1.54) is 12.8 Å². The Morgan fingerprint density at radius 2 is 2.30 bits per heavy atom. The molecule has 3 heteroatoms. The molecule has 62 valence electrons. The standard InChI is InChI=1S/C7H17NO2/c1-2-3-4-8-7-10-6-5-9/h8-9H,2-7H2,1H3. The Labute approximate surface area is 62.4 Å². The van der Waals surface area contributed by atoms with E-state index in [9.17, 15) is 0 Å². The van der Waals surface area contributed by atoms with Crippen LogP contribution in [-0.4, -0.2) is 31.6 Å². The van der Waals surface area contributed by atoms with Crippen LogP contribution in [0.3, 0.4) is 0 Å². The fraction of sp³-hybridized carbons (Fsp3) is 1.00. The third-order valence-corrected chi connectivity index (χ3v) is 1.15. The molecule has 0 aliphatic carbocycles. The first-order valence-electron chi connectivity index (χ1n) is 3.81. The molecule has 0 aliphatic heterocycles. The van der Waals surface area contributed by atoms with E-state index >= 15 is 0 Å². The monoisotopic (exact) mass is 147 g/mol. The summed E-state index contributed by atoms with van der Waals surface area (Å²) in [4.78, 5) is 0. The van der Waals surface area contributed by atoms with Gasteiger partial charge in [-0.1, -0.05) is 13.3 Å². The maximum Gasteiger partial charge on any atom is 0.0966 e. The maximum absolute atomic E-state index is 8.32. The summed E-state index contributed by atoms with van der Waals surface area (Å²) in [5.74, 6) is 0. The van der Waals surface area contributed by atoms with E-state index in [4.69, 9.17) is 9.84 Å². The molecular formula is C7H17NO2. The van der Waals surface area contributed by atoms with Crippen LogP contribution < -0.4 is 5.32 Å². The topological polar surface area (TPSA) is 41.5 Å². The highest BCUT2D eigenvalue weighted by atomic mass is 16.5. The van der Waals surface area contributed by atoms with Crippen LogP contribution in [-0.2, 0) is 4.74 Å². The molecule has 3 nitrogen and oxygen atoms in total. The van der Waals surface area contributed by atoms with E-state index in [-0.39, 0.29) is 6.61 Å². The molecule has 0 radical (unpaired) electrons. The summed E-state index contributed by atoms with van der Waals surface area (Å²) in [6.45, 7) is 4.24. The lowest BCUT2D eigenvalue weighted by molar-refractivity contribution is 0.0799. The van der Waals surface area contributed by atoms with E-state index in [2.05, 4.69) is 12.2 Å². The number of hydrogen-bond donors (Lipinski definition) is 2. The maximum atomic E-state index is 8.32. The zero-order chi connectivity index (χ0) is 7.66. The largest absolute Gasteiger partial charge is 0.394 e. The molecule has 0 aliphatic rings. The van der Waals surface area contributed by atoms with E-state index < -0.39 is 0 Å². The van der Waals surface area contributed by atoms with Crippen LogP contribution in [0.4, 0.5) is 0 Å². The smallest absolute Gasteiger partial charge is 0.0966 e. The molecule has 0 aromatic heterocycles. The third-order valence-electron chi connectivity index (χ3n) is 1.15. The van der Waals surface area contributed by atoms with Crippen molar-refractivity contribution in [3.63, 3.8) is 0 Å². The molecule has 0 heterocycles. The van der Waals surface area contributed by atoms with Crippen LogP contribution in [0, 0.1) is 0 Å². The number of aliphatic hydroxyl groups is 1. The Morgan fingerprint density at radius 3 is 2.90 bits per heavy atom. The van der Waals surface area contributed by atoms with Crippen molar-refractivity contribution in [2.24, 2.45) is 0 Å². The molecule has 0 unspecified atom stereocenters. The van der Waals surface area contributed by atoms with Crippen molar-refractivity contribution < 1.29 is 9.84 Å². The Morgan fingerprint density at radius 1 is 1.50 bits per heavy atom. The molecular weight excluding hydrogens is 130 g/mol. The first-order chi connectivity index (χ1) is 4.91. The van der Waals surface area contributed by atoms with Crippen LogP contribution in [0.1, 0.15) is 19.8 Å². The van der Waals surface area contributed by atoms with E-state index in [0.717, 1.165) is 6.54 Å². The Kier molecular flexibility index (Phi) is 8.77. The zero-order valence-electron chi connectivity index (χ0n) is 6.60. The van der Waals surface area contributed by atoms with Crippen LogP contribution in [0.25, 0.3) is 0 Å². The molecule has 0 amide bonds. The van der Waals surface area contributed by atoms with E-state index in [1.807, 2.05) is 0 Å². The summed E-state index contributed by atoms with van der Waals surface area (Å²) in [5.41, 5.74) is 0. The summed E-state index contributed by atoms with van der Waals surface area (Å²) < 4.78 is 4.97. The predicted molar refractivity (Wildman–Crippen MR) is 40.8 cm³/mol. The van der Waals surface area contributed by atoms with E-state index in [1.54, 1.807) is 0 Å². The van der Waals surface area contributed by atoms with Crippen LogP contribution in [0.2, 0.25) is 0 Å². The second-order valence-electron chi connectivity index (χ2n) is 2.13. The zero-order valence-corrected chi connectivity index (χ0v) is 6.60. The molecule has 2 N–H and O–H groups in total. The van der Waals surface area contributed by atoms with E-state index in [0.29, 0.717) is 13.3 Å². The fourth-order valence-electron chi connectivity index (χ4n) is 0.583. The van der Waals surface area contributed by atoms with Gasteiger partial charge in [0.05, 0.1) is 19.9 Å². The molecule has 10 heavy (non-hydrogen) atoms. The summed E-state index contributed by atoms with van der Waals surface area (Å²) in [5, 5.41) is 11.4. The van der Waals surface area contributed by atoms with Gasteiger partial charge in [-0.15, -0.1) is 0 Å². The molecule has 0 spiro atoms. The number of rotatable bonds is 7. The van der Waals surface area contributed by atoms with Gasteiger partial charge in [-0.2, -0.15) is 0 Å². The van der Waals surface area contributed by atoms with Crippen molar-refractivity contribution in [2.45, 2.75) is 19.8 Å². The molecule has 0 saturated carbocycles. The van der Waals surface area contributed by atoms with Gasteiger partial charge in [0.2, 0.25) is 0 Å². The molecule has 0 fully saturated rings. The Balaban J connectivity index is 2.65. The second kappa shape index (κ2) is 8.88. The van der Waals surface area contributed by atoms with Gasteiger partial charge in [0.1, 0.15) is 0 Å². The molecule has 0 aromatic carbocycles. The van der Waals surface area contributed by atoms with Gasteiger partial charge in [-0.3, -0.25) is 5.32 Å². The Bertz CT molecular complexity index is 51.6. The van der Waals surface area contributed by atoms with Gasteiger partial charge in [-0.05, 0) is 13.0 Å². The summed E-state index contributed by atoms with van der Waals surface area (Å²) in [6, 6.07) is 0. The quantitative estimate of drug-likeness (QED) is 0.403. The molecule has 0 atom stereocenters. The predicted octanol–water partition coefficient (Wildman–Crippen LogP) is 0.343. The number of ether oxygens (including phenoxy) is 1. The lowest BCUT2D eigenvalue weighted by Crippen LogP contribution is -2.20. The van der Waals surface area contributed by atoms with Gasteiger partial charge in [0.25, 0.3) is 0 Å². The van der Waals surface area contributed by atoms with Crippen molar-refractivity contribution in [2.75, 3.05) is 26.5 Å². The minimum Gasteiger partial charge on any atom is -0.394 e. The van der Waals surface area contributed by atoms with Crippen LogP contribution >= 0.6 is 0 Å². The lowest BCUT2D eigenvalue weighted by atomic mass is 10.3. The number of aliphatic hydroxyl groups excluding tert-OH is 1. The summed E-state index contributed by atoms with van der Waals surface area (Å²) in [6.07, 6.45) is 2.38. The highest BCUT2D eigenvalue weighted by Gasteiger charge is 1.84. The molecule has 0 saturated heterocycles. The molecule has 0 bridgehead atoms. The lowest BCUT2D eigenvalue weighted by Gasteiger charge is -2.02. The van der Waals surface area contributed by atoms with Crippen LogP contribution in [0.15, 0.2) is 0 Å². The highest BCUT2D eigenvalue weighted by Crippen LogP contribution is 1.81. The van der Waals surface area contributed by atoms with Gasteiger partial charge in [0.15, 0.2) is 0 Å². The normalized spacial score (nSPS) is 10.2. The van der Waals surface area contributed by atoms with Gasteiger partial charge >= 0.3 is 0 Å². The average Bonchev–Trinajstić information content (AvgIpc) is 1.97. The summed E-state index contributed by atoms with van der Waals surface area (Å²) in [7, 11) is 0. The first kappa shape index (κ1) is 9.88. The van der Waals surface area contributed by atoms with Gasteiger partial charge in [-0.25, -0.2) is 0 Å². The third kappa shape index (κ3) is 7.88. The SMILES string of the molecule is CCCCNCOCCO. The first-order valence-corrected chi connectivity index (χ1v) is 3.81. The average molecular weight is 147 g/mol. The number of unbranched alkanes of at least 4 members (excludes halogenated alkanes) is 1. The minimum absolute atomic E-state index is 0.107. The number of nitrogens with one attached hydrogen (secondary N) is 1. The summed E-state index contributed by atoms with van der Waals surface area (Å²) >= 11 is 0. The van der Waals surface area contributed by atoms with Crippen molar-refractivity contribution in [3.8, 4) is 0 Å². The van der Waals surface area contributed by atoms with Crippen molar-refractivity contribution in [1.82, 2.24) is 5.32 Å². The Hall–Kier alpha value is -0.120. The highest BCUT2D eigenvalue weighted by molar-refractivity contribution is 4.38. The van der Waals surface area contributed by atoms with Gasteiger partial charge < -0.3 is 9.84 Å². The van der Waals surface area contributed by atoms with Crippen molar-refractivity contribution in [3.05, 3.63) is 0 Å². The minimum atomic E-state index is 0.107. The molecule has 0 rings (SSSR count). The van der Waals surface area contributed by atoms with Crippen LogP contribution in [0.5, 0.6) is 0 Å². The van der Waals surface area contributed by atoms with Crippen molar-refractivity contribution >= 4 is 0 Å². The fourth-order valence-corrected chi connectivity index (χ4v) is 0.583. The number of hydrogen-bond acceptors (Lipinski definition) is 3.